The van der Waals surface area contributed by atoms with Crippen LogP contribution in [0.1, 0.15) is 21.6 Å². The van der Waals surface area contributed by atoms with Crippen LogP contribution in [-0.4, -0.2) is 21.6 Å². The first-order chi connectivity index (χ1) is 9.06. The first-order valence-corrected chi connectivity index (χ1v) is 5.94. The van der Waals surface area contributed by atoms with Crippen LogP contribution < -0.4 is 5.32 Å². The average Bonchev–Trinajstić information content (AvgIpc) is 2.69. The molecule has 0 unspecified atom stereocenters. The van der Waals surface area contributed by atoms with E-state index < -0.39 is 5.91 Å². The highest BCUT2D eigenvalue weighted by molar-refractivity contribution is 6.05. The molecule has 0 saturated carbocycles. The lowest BCUT2D eigenvalue weighted by molar-refractivity contribution is -0.119. The monoisotopic (exact) mass is 257 g/mol. The predicted molar refractivity (Wildman–Crippen MR) is 70.6 cm³/mol. The third-order valence-electron chi connectivity index (χ3n) is 2.72. The molecule has 0 aliphatic carbocycles. The molecule has 19 heavy (non-hydrogen) atoms. The Kier molecular flexibility index (Phi) is 3.75. The van der Waals surface area contributed by atoms with Gasteiger partial charge in [0.2, 0.25) is 5.91 Å². The van der Waals surface area contributed by atoms with Gasteiger partial charge in [-0.25, -0.2) is 0 Å². The molecule has 0 saturated heterocycles. The zero-order chi connectivity index (χ0) is 13.8. The lowest BCUT2D eigenvalue weighted by Crippen LogP contribution is -2.31. The molecule has 0 aliphatic rings. The van der Waals surface area contributed by atoms with Crippen LogP contribution in [0.15, 0.2) is 36.5 Å². The minimum Gasteiger partial charge on any atom is -0.292 e. The van der Waals surface area contributed by atoms with Crippen molar-refractivity contribution < 1.29 is 9.59 Å². The second-order valence-electron chi connectivity index (χ2n) is 4.34. The van der Waals surface area contributed by atoms with Crippen LogP contribution in [0, 0.1) is 6.92 Å². The van der Waals surface area contributed by atoms with Crippen LogP contribution in [0.3, 0.4) is 0 Å². The molecular weight excluding hydrogens is 242 g/mol. The number of hydrogen-bond acceptors (Lipinski definition) is 3. The van der Waals surface area contributed by atoms with E-state index in [0.717, 1.165) is 5.56 Å². The third kappa shape index (κ3) is 3.28. The number of hydrogen-bond donors (Lipinski definition) is 1. The van der Waals surface area contributed by atoms with E-state index in [4.69, 9.17) is 0 Å². The van der Waals surface area contributed by atoms with Crippen molar-refractivity contribution in [3.63, 3.8) is 0 Å². The Balaban J connectivity index is 2.00. The Morgan fingerprint density at radius 1 is 1.26 bits per heavy atom. The zero-order valence-corrected chi connectivity index (χ0v) is 10.9. The molecule has 0 aliphatic heterocycles. The van der Waals surface area contributed by atoms with E-state index in [9.17, 15) is 9.59 Å². The highest BCUT2D eigenvalue weighted by Crippen LogP contribution is 2.05. The molecule has 98 valence electrons. The molecule has 1 aromatic heterocycles. The number of benzene rings is 1. The minimum atomic E-state index is -0.411. The first-order valence-electron chi connectivity index (χ1n) is 5.94. The fraction of sp³-hybridized carbons (Fsp3) is 0.214. The standard InChI is InChI=1S/C14H15N3O2/c1-10-12(9-17(2)16-10)14(19)15-13(18)8-11-6-4-3-5-7-11/h3-7,9H,8H2,1-2H3,(H,15,18,19). The molecule has 2 amide bonds. The molecule has 0 bridgehead atoms. The third-order valence-corrected chi connectivity index (χ3v) is 2.72. The summed E-state index contributed by atoms with van der Waals surface area (Å²) in [7, 11) is 1.73. The van der Waals surface area contributed by atoms with Gasteiger partial charge in [-0.1, -0.05) is 30.3 Å². The number of carbonyl (C=O) groups is 2. The first kappa shape index (κ1) is 13.0. The van der Waals surface area contributed by atoms with Crippen LogP contribution in [0.5, 0.6) is 0 Å². The highest BCUT2D eigenvalue weighted by Gasteiger charge is 2.15. The molecule has 0 fully saturated rings. The summed E-state index contributed by atoms with van der Waals surface area (Å²) in [6, 6.07) is 9.29. The molecule has 5 heteroatoms. The summed E-state index contributed by atoms with van der Waals surface area (Å²) < 4.78 is 1.55. The number of nitrogens with one attached hydrogen (secondary N) is 1. The fourth-order valence-electron chi connectivity index (χ4n) is 1.84. The van der Waals surface area contributed by atoms with E-state index >= 15 is 0 Å². The fourth-order valence-corrected chi connectivity index (χ4v) is 1.84. The number of amides is 2. The molecule has 1 aromatic carbocycles. The summed E-state index contributed by atoms with van der Waals surface area (Å²) in [5.74, 6) is -0.731. The normalized spacial score (nSPS) is 10.2. The van der Waals surface area contributed by atoms with Gasteiger partial charge in [0.1, 0.15) is 0 Å². The molecule has 5 nitrogen and oxygen atoms in total. The van der Waals surface area contributed by atoms with Crippen molar-refractivity contribution in [1.29, 1.82) is 0 Å². The van der Waals surface area contributed by atoms with Gasteiger partial charge in [0.25, 0.3) is 5.91 Å². The van der Waals surface area contributed by atoms with Gasteiger partial charge in [-0.15, -0.1) is 0 Å². The van der Waals surface area contributed by atoms with Crippen molar-refractivity contribution in [1.82, 2.24) is 15.1 Å². The van der Waals surface area contributed by atoms with Crippen molar-refractivity contribution in [2.45, 2.75) is 13.3 Å². The van der Waals surface area contributed by atoms with Crippen molar-refractivity contribution in [2.24, 2.45) is 7.05 Å². The summed E-state index contributed by atoms with van der Waals surface area (Å²) in [5, 5.41) is 6.44. The summed E-state index contributed by atoms with van der Waals surface area (Å²) in [6.45, 7) is 1.73. The Morgan fingerprint density at radius 2 is 1.95 bits per heavy atom. The Morgan fingerprint density at radius 3 is 2.53 bits per heavy atom. The van der Waals surface area contributed by atoms with E-state index in [0.29, 0.717) is 11.3 Å². The molecular formula is C14H15N3O2. The van der Waals surface area contributed by atoms with Gasteiger partial charge in [0.05, 0.1) is 17.7 Å². The molecule has 0 spiro atoms. The number of carbonyl (C=O) groups excluding carboxylic acids is 2. The van der Waals surface area contributed by atoms with Gasteiger partial charge in [-0.05, 0) is 12.5 Å². The van der Waals surface area contributed by atoms with Crippen LogP contribution in [0.4, 0.5) is 0 Å². The van der Waals surface area contributed by atoms with E-state index in [1.54, 1.807) is 24.9 Å². The van der Waals surface area contributed by atoms with Gasteiger partial charge in [0, 0.05) is 13.2 Å². The zero-order valence-electron chi connectivity index (χ0n) is 10.9. The number of aryl methyl sites for hydroxylation is 2. The molecule has 2 aromatic rings. The van der Waals surface area contributed by atoms with Crippen molar-refractivity contribution in [2.75, 3.05) is 0 Å². The van der Waals surface area contributed by atoms with Crippen LogP contribution in [-0.2, 0) is 18.3 Å². The predicted octanol–water partition coefficient (Wildman–Crippen LogP) is 1.23. The van der Waals surface area contributed by atoms with Crippen molar-refractivity contribution >= 4 is 11.8 Å². The van der Waals surface area contributed by atoms with Gasteiger partial charge in [0.15, 0.2) is 0 Å². The average molecular weight is 257 g/mol. The lowest BCUT2D eigenvalue weighted by atomic mass is 10.1. The van der Waals surface area contributed by atoms with Gasteiger partial charge < -0.3 is 0 Å². The Labute approximate surface area is 111 Å². The highest BCUT2D eigenvalue weighted by atomic mass is 16.2. The molecule has 0 atom stereocenters. The van der Waals surface area contributed by atoms with E-state index in [1.807, 2.05) is 30.3 Å². The topological polar surface area (TPSA) is 64.0 Å². The van der Waals surface area contributed by atoms with E-state index in [-0.39, 0.29) is 12.3 Å². The van der Waals surface area contributed by atoms with Gasteiger partial charge in [-0.2, -0.15) is 5.10 Å². The van der Waals surface area contributed by atoms with E-state index in [2.05, 4.69) is 10.4 Å². The van der Waals surface area contributed by atoms with Gasteiger partial charge in [-0.3, -0.25) is 19.6 Å². The molecule has 0 radical (unpaired) electrons. The second kappa shape index (κ2) is 5.48. The van der Waals surface area contributed by atoms with Gasteiger partial charge >= 0.3 is 0 Å². The quantitative estimate of drug-likeness (QED) is 0.899. The summed E-state index contributed by atoms with van der Waals surface area (Å²) in [5.41, 5.74) is 1.90. The van der Waals surface area contributed by atoms with Crippen LogP contribution in [0.2, 0.25) is 0 Å². The Hall–Kier alpha value is -2.43. The maximum atomic E-state index is 11.9. The molecule has 2 rings (SSSR count). The number of nitrogens with zero attached hydrogens (tertiary/aromatic N) is 2. The molecule has 1 heterocycles. The summed E-state index contributed by atoms with van der Waals surface area (Å²) in [4.78, 5) is 23.6. The van der Waals surface area contributed by atoms with Crippen LogP contribution >= 0.6 is 0 Å². The summed E-state index contributed by atoms with van der Waals surface area (Å²) >= 11 is 0. The SMILES string of the molecule is Cc1nn(C)cc1C(=O)NC(=O)Cc1ccccc1. The number of aromatic nitrogens is 2. The largest absolute Gasteiger partial charge is 0.292 e. The van der Waals surface area contributed by atoms with Crippen molar-refractivity contribution in [3.05, 3.63) is 53.3 Å². The van der Waals surface area contributed by atoms with Crippen LogP contribution in [0.25, 0.3) is 0 Å². The summed E-state index contributed by atoms with van der Waals surface area (Å²) in [6.07, 6.45) is 1.78. The smallest absolute Gasteiger partial charge is 0.261 e. The number of imide groups is 1. The number of rotatable bonds is 3. The lowest BCUT2D eigenvalue weighted by Gasteiger charge is -2.03. The molecule has 1 N–H and O–H groups in total. The van der Waals surface area contributed by atoms with Crippen molar-refractivity contribution in [3.8, 4) is 0 Å². The second-order valence-corrected chi connectivity index (χ2v) is 4.34. The minimum absolute atomic E-state index is 0.186. The Bertz CT molecular complexity index is 602. The van der Waals surface area contributed by atoms with E-state index in [1.165, 1.54) is 0 Å². The maximum absolute atomic E-state index is 11.9. The maximum Gasteiger partial charge on any atom is 0.261 e.